The van der Waals surface area contributed by atoms with Crippen LogP contribution in [-0.2, 0) is 14.4 Å². The monoisotopic (exact) mass is 528 g/mol. The van der Waals surface area contributed by atoms with E-state index in [1.165, 1.54) is 38.1 Å². The SMILES string of the molecule is CCCCNC(=O)N1CCC[C@]1(C(=O)Nc1ccc(C(=O)O)cc1)C(=O)NC(C(=O)C(F)(F)F)C(C)C. The van der Waals surface area contributed by atoms with E-state index in [-0.39, 0.29) is 37.2 Å². The van der Waals surface area contributed by atoms with Gasteiger partial charge in [-0.15, -0.1) is 0 Å². The molecule has 1 aromatic rings. The van der Waals surface area contributed by atoms with Gasteiger partial charge in [-0.25, -0.2) is 9.59 Å². The van der Waals surface area contributed by atoms with Crippen molar-refractivity contribution in [1.82, 2.24) is 15.5 Å². The maximum atomic E-state index is 13.5. The van der Waals surface area contributed by atoms with Crippen molar-refractivity contribution in [2.75, 3.05) is 18.4 Å². The maximum Gasteiger partial charge on any atom is 0.452 e. The van der Waals surface area contributed by atoms with Crippen molar-refractivity contribution in [3.05, 3.63) is 29.8 Å². The number of urea groups is 1. The fourth-order valence-corrected chi connectivity index (χ4v) is 4.04. The minimum Gasteiger partial charge on any atom is -0.478 e. The summed E-state index contributed by atoms with van der Waals surface area (Å²) in [6.07, 6.45) is -3.86. The third kappa shape index (κ3) is 6.77. The Balaban J connectivity index is 2.45. The summed E-state index contributed by atoms with van der Waals surface area (Å²) in [5.41, 5.74) is -2.21. The number of carboxylic acids is 1. The van der Waals surface area contributed by atoms with Crippen LogP contribution in [0.15, 0.2) is 24.3 Å². The first-order valence-corrected chi connectivity index (χ1v) is 11.9. The molecule has 4 N–H and O–H groups in total. The molecule has 2 rings (SSSR count). The van der Waals surface area contributed by atoms with E-state index < -0.39 is 53.3 Å². The lowest BCUT2D eigenvalue weighted by atomic mass is 9.91. The predicted octanol–water partition coefficient (Wildman–Crippen LogP) is 2.94. The molecule has 1 aromatic carbocycles. The third-order valence-electron chi connectivity index (χ3n) is 6.09. The lowest BCUT2D eigenvalue weighted by molar-refractivity contribution is -0.175. The zero-order valence-electron chi connectivity index (χ0n) is 20.8. The fourth-order valence-electron chi connectivity index (χ4n) is 4.04. The molecule has 4 amide bonds. The molecule has 0 saturated carbocycles. The second kappa shape index (κ2) is 12.1. The molecule has 0 aromatic heterocycles. The number of nitrogens with one attached hydrogen (secondary N) is 3. The Bertz CT molecular complexity index is 1030. The first kappa shape index (κ1) is 29.6. The first-order valence-electron chi connectivity index (χ1n) is 11.9. The number of carbonyl (C=O) groups excluding carboxylic acids is 4. The summed E-state index contributed by atoms with van der Waals surface area (Å²) >= 11 is 0. The van der Waals surface area contributed by atoms with Crippen LogP contribution in [0, 0.1) is 5.92 Å². The van der Waals surface area contributed by atoms with Gasteiger partial charge in [-0.05, 0) is 49.4 Å². The minimum absolute atomic E-state index is 0.0314. The van der Waals surface area contributed by atoms with Crippen molar-refractivity contribution in [3.63, 3.8) is 0 Å². The summed E-state index contributed by atoms with van der Waals surface area (Å²) in [4.78, 5) is 64.1. The average molecular weight is 529 g/mol. The largest absolute Gasteiger partial charge is 0.478 e. The van der Waals surface area contributed by atoms with E-state index >= 15 is 0 Å². The molecular formula is C24H31F3N4O6. The highest BCUT2D eigenvalue weighted by molar-refractivity contribution is 6.17. The van der Waals surface area contributed by atoms with Gasteiger partial charge >= 0.3 is 18.2 Å². The molecular weight excluding hydrogens is 497 g/mol. The molecule has 10 nitrogen and oxygen atoms in total. The summed E-state index contributed by atoms with van der Waals surface area (Å²) in [5.74, 6) is -6.55. The Morgan fingerprint density at radius 1 is 1.08 bits per heavy atom. The van der Waals surface area contributed by atoms with Crippen molar-refractivity contribution >= 4 is 35.3 Å². The standard InChI is InChI=1S/C24H31F3N4O6/c1-4-5-12-28-22(37)31-13-6-11-23(31,20(35)29-16-9-7-15(8-10-16)19(33)34)21(36)30-17(14(2)3)18(32)24(25,26)27/h7-10,14,17H,4-6,11-13H2,1-3H3,(H,28,37)(H,29,35)(H,30,36)(H,33,34)/t17?,23-/m0/s1. The summed E-state index contributed by atoms with van der Waals surface area (Å²) in [6.45, 7) is 4.75. The Morgan fingerprint density at radius 3 is 2.22 bits per heavy atom. The minimum atomic E-state index is -5.23. The predicted molar refractivity (Wildman–Crippen MR) is 127 cm³/mol. The molecule has 1 saturated heterocycles. The Hall–Kier alpha value is -3.64. The second-order valence-electron chi connectivity index (χ2n) is 9.09. The molecule has 0 aliphatic carbocycles. The molecule has 0 bridgehead atoms. The number of carboxylic acid groups (broad SMARTS) is 1. The number of likely N-dealkylation sites (tertiary alicyclic amines) is 1. The van der Waals surface area contributed by atoms with Gasteiger partial charge < -0.3 is 26.0 Å². The number of halogens is 3. The number of hydrogen-bond donors (Lipinski definition) is 4. The van der Waals surface area contributed by atoms with E-state index in [1.807, 2.05) is 6.92 Å². The van der Waals surface area contributed by atoms with Crippen LogP contribution in [0.1, 0.15) is 56.8 Å². The van der Waals surface area contributed by atoms with Gasteiger partial charge in [0.15, 0.2) is 0 Å². The summed E-state index contributed by atoms with van der Waals surface area (Å²) in [5, 5.41) is 16.2. The number of nitrogens with zero attached hydrogens (tertiary/aromatic N) is 1. The molecule has 1 aliphatic rings. The Morgan fingerprint density at radius 2 is 1.70 bits per heavy atom. The van der Waals surface area contributed by atoms with E-state index in [9.17, 15) is 37.1 Å². The van der Waals surface area contributed by atoms with Gasteiger partial charge in [0.2, 0.25) is 5.54 Å². The second-order valence-corrected chi connectivity index (χ2v) is 9.09. The van der Waals surface area contributed by atoms with Crippen LogP contribution >= 0.6 is 0 Å². The average Bonchev–Trinajstić information content (AvgIpc) is 3.28. The van der Waals surface area contributed by atoms with E-state index in [0.717, 1.165) is 11.3 Å². The van der Waals surface area contributed by atoms with Crippen LogP contribution in [0.2, 0.25) is 0 Å². The highest BCUT2D eigenvalue weighted by Crippen LogP contribution is 2.33. The number of rotatable bonds is 10. The number of ketones is 1. The highest BCUT2D eigenvalue weighted by atomic mass is 19.4. The van der Waals surface area contributed by atoms with E-state index in [0.29, 0.717) is 6.42 Å². The summed E-state index contributed by atoms with van der Waals surface area (Å²) in [6, 6.07) is 2.25. The lowest BCUT2D eigenvalue weighted by Crippen LogP contribution is -2.67. The van der Waals surface area contributed by atoms with Gasteiger partial charge in [-0.3, -0.25) is 14.4 Å². The Kier molecular flexibility index (Phi) is 9.65. The number of Topliss-reactive ketones (excluding diaryl/α,β-unsaturated/α-hetero) is 1. The van der Waals surface area contributed by atoms with Crippen LogP contribution in [0.4, 0.5) is 23.7 Å². The van der Waals surface area contributed by atoms with Crippen LogP contribution in [0.3, 0.4) is 0 Å². The van der Waals surface area contributed by atoms with E-state index in [2.05, 4.69) is 16.0 Å². The van der Waals surface area contributed by atoms with Gasteiger partial charge in [0, 0.05) is 18.8 Å². The molecule has 204 valence electrons. The summed E-state index contributed by atoms with van der Waals surface area (Å²) in [7, 11) is 0. The number of unbranched alkanes of at least 4 members (excludes halogenated alkanes) is 1. The quantitative estimate of drug-likeness (QED) is 0.271. The molecule has 37 heavy (non-hydrogen) atoms. The molecule has 1 heterocycles. The van der Waals surface area contributed by atoms with Gasteiger partial charge in [-0.1, -0.05) is 27.2 Å². The molecule has 13 heteroatoms. The highest BCUT2D eigenvalue weighted by Gasteiger charge is 2.57. The van der Waals surface area contributed by atoms with Crippen LogP contribution in [0.25, 0.3) is 0 Å². The number of benzene rings is 1. The van der Waals surface area contributed by atoms with Crippen molar-refractivity contribution in [3.8, 4) is 0 Å². The van der Waals surface area contributed by atoms with E-state index in [4.69, 9.17) is 5.11 Å². The lowest BCUT2D eigenvalue weighted by Gasteiger charge is -2.37. The molecule has 1 unspecified atom stereocenters. The number of hydrogen-bond acceptors (Lipinski definition) is 5. The first-order chi connectivity index (χ1) is 17.2. The van der Waals surface area contributed by atoms with Gasteiger partial charge in [0.25, 0.3) is 17.6 Å². The number of anilines is 1. The van der Waals surface area contributed by atoms with Crippen molar-refractivity contribution < 1.29 is 42.3 Å². The molecule has 0 spiro atoms. The molecule has 1 fully saturated rings. The number of aromatic carboxylic acids is 1. The maximum absolute atomic E-state index is 13.5. The van der Waals surface area contributed by atoms with Gasteiger partial charge in [0.1, 0.15) is 0 Å². The number of carbonyl (C=O) groups is 5. The molecule has 2 atom stereocenters. The number of amides is 4. The third-order valence-corrected chi connectivity index (χ3v) is 6.09. The topological polar surface area (TPSA) is 145 Å². The summed E-state index contributed by atoms with van der Waals surface area (Å²) < 4.78 is 39.6. The van der Waals surface area contributed by atoms with Gasteiger partial charge in [0.05, 0.1) is 11.6 Å². The Labute approximate surface area is 212 Å². The van der Waals surface area contributed by atoms with Crippen molar-refractivity contribution in [2.24, 2.45) is 5.92 Å². The molecule has 0 radical (unpaired) electrons. The van der Waals surface area contributed by atoms with E-state index in [1.54, 1.807) is 0 Å². The zero-order valence-corrected chi connectivity index (χ0v) is 20.8. The fraction of sp³-hybridized carbons (Fsp3) is 0.542. The van der Waals surface area contributed by atoms with Crippen molar-refractivity contribution in [1.29, 1.82) is 0 Å². The number of alkyl halides is 3. The normalized spacial score (nSPS) is 18.3. The smallest absolute Gasteiger partial charge is 0.452 e. The van der Waals surface area contributed by atoms with Gasteiger partial charge in [-0.2, -0.15) is 13.2 Å². The zero-order chi connectivity index (χ0) is 28.0. The van der Waals surface area contributed by atoms with Crippen LogP contribution < -0.4 is 16.0 Å². The van der Waals surface area contributed by atoms with Crippen molar-refractivity contribution in [2.45, 2.75) is 64.2 Å². The van der Waals surface area contributed by atoms with Crippen LogP contribution in [-0.4, -0.2) is 70.5 Å². The molecule has 1 aliphatic heterocycles. The van der Waals surface area contributed by atoms with Crippen LogP contribution in [0.5, 0.6) is 0 Å².